The summed E-state index contributed by atoms with van der Waals surface area (Å²) in [6.07, 6.45) is 3.03. The summed E-state index contributed by atoms with van der Waals surface area (Å²) in [4.78, 5) is 49.3. The molecule has 1 aliphatic rings. The Morgan fingerprint density at radius 2 is 1.90 bits per heavy atom. The number of carbonyl (C=O) groups is 2. The number of ether oxygens (including phenoxy) is 4. The number of carbonyl (C=O) groups excluding carboxylic acids is 2. The first-order chi connectivity index (χ1) is 18.9. The van der Waals surface area contributed by atoms with Crippen molar-refractivity contribution in [2.75, 3.05) is 27.4 Å². The van der Waals surface area contributed by atoms with Crippen molar-refractivity contribution in [2.24, 2.45) is 4.99 Å². The number of aromatic nitrogens is 3. The summed E-state index contributed by atoms with van der Waals surface area (Å²) in [6.45, 7) is 2.59. The number of fused-ring (bicyclic) bond motifs is 2. The average molecular weight is 533 g/mol. The molecule has 39 heavy (non-hydrogen) atoms. The fourth-order valence-corrected chi connectivity index (χ4v) is 4.61. The molecule has 0 radical (unpaired) electrons. The van der Waals surface area contributed by atoms with Gasteiger partial charge >= 0.3 is 5.97 Å². The highest BCUT2D eigenvalue weighted by molar-refractivity contribution is 5.97. The zero-order chi connectivity index (χ0) is 27.5. The highest BCUT2D eigenvalue weighted by atomic mass is 16.5. The largest absolute Gasteiger partial charge is 0.497 e. The first-order valence-electron chi connectivity index (χ1n) is 12.6. The Labute approximate surface area is 223 Å². The van der Waals surface area contributed by atoms with Crippen LogP contribution in [0.1, 0.15) is 40.5 Å². The molecular weight excluding hydrogens is 504 g/mol. The molecule has 4 aromatic rings. The lowest BCUT2D eigenvalue weighted by molar-refractivity contribution is 0.0521. The van der Waals surface area contributed by atoms with Gasteiger partial charge in [-0.25, -0.2) is 9.78 Å². The lowest BCUT2D eigenvalue weighted by Crippen LogP contribution is -2.35. The molecule has 0 spiro atoms. The van der Waals surface area contributed by atoms with Crippen molar-refractivity contribution in [3.8, 4) is 11.5 Å². The van der Waals surface area contributed by atoms with Crippen molar-refractivity contribution >= 4 is 28.6 Å². The number of pyridine rings is 2. The predicted octanol–water partition coefficient (Wildman–Crippen LogP) is 2.76. The van der Waals surface area contributed by atoms with Gasteiger partial charge in [0.2, 0.25) is 0 Å². The minimum atomic E-state index is -0.715. The van der Waals surface area contributed by atoms with Crippen LogP contribution in [0.5, 0.6) is 11.5 Å². The molecule has 11 nitrogen and oxygen atoms in total. The number of esters is 1. The minimum Gasteiger partial charge on any atom is -0.497 e. The minimum absolute atomic E-state index is 0.0235. The molecule has 3 aromatic heterocycles. The highest BCUT2D eigenvalue weighted by Gasteiger charge is 2.24. The Kier molecular flexibility index (Phi) is 7.42. The first-order valence-corrected chi connectivity index (χ1v) is 12.6. The molecule has 0 saturated carbocycles. The lowest BCUT2D eigenvalue weighted by atomic mass is 10.1. The van der Waals surface area contributed by atoms with Gasteiger partial charge in [0.1, 0.15) is 28.4 Å². The molecule has 1 fully saturated rings. The van der Waals surface area contributed by atoms with Crippen LogP contribution in [-0.4, -0.2) is 59.4 Å². The summed E-state index contributed by atoms with van der Waals surface area (Å²) in [6, 6.07) is 11.3. The third kappa shape index (κ3) is 5.13. The SMILES string of the molecule is CCOC(=O)c1cc2c(=O)n3ccccc3nc2n(C[C@H]2CCCO2)c1=NC(=O)c1cc(OC)cc(OC)c1. The molecule has 1 aromatic carbocycles. The molecule has 4 heterocycles. The van der Waals surface area contributed by atoms with Crippen LogP contribution < -0.4 is 20.5 Å². The second-order valence-electron chi connectivity index (χ2n) is 8.95. The van der Waals surface area contributed by atoms with Crippen molar-refractivity contribution < 1.29 is 28.5 Å². The van der Waals surface area contributed by atoms with Crippen molar-refractivity contribution in [1.29, 1.82) is 0 Å². The summed E-state index contributed by atoms with van der Waals surface area (Å²) in [5, 5.41) is 0.189. The second kappa shape index (κ2) is 11.1. The van der Waals surface area contributed by atoms with Gasteiger partial charge in [-0.15, -0.1) is 0 Å². The lowest BCUT2D eigenvalue weighted by Gasteiger charge is -2.18. The molecule has 1 atom stereocenters. The maximum absolute atomic E-state index is 13.5. The highest BCUT2D eigenvalue weighted by Crippen LogP contribution is 2.23. The van der Waals surface area contributed by atoms with Crippen LogP contribution in [-0.2, 0) is 16.0 Å². The van der Waals surface area contributed by atoms with E-state index in [1.807, 2.05) is 0 Å². The average Bonchev–Trinajstić information content (AvgIpc) is 3.47. The zero-order valence-corrected chi connectivity index (χ0v) is 21.9. The Balaban J connectivity index is 1.84. The molecule has 0 N–H and O–H groups in total. The standard InChI is InChI=1S/C28H28N4O7/c1-4-38-28(35)22-15-21-24(29-23-9-5-6-10-31(23)27(21)34)32(16-18-8-7-11-39-18)25(22)30-26(33)17-12-19(36-2)14-20(13-17)37-3/h5-6,9-10,12-15,18H,4,7-8,11,16H2,1-3H3/t18-/m1/s1. The maximum atomic E-state index is 13.5. The van der Waals surface area contributed by atoms with Gasteiger partial charge < -0.3 is 23.5 Å². The molecule has 1 aliphatic heterocycles. The van der Waals surface area contributed by atoms with Crippen molar-refractivity contribution in [3.63, 3.8) is 0 Å². The molecule has 202 valence electrons. The van der Waals surface area contributed by atoms with Crippen LogP contribution in [0.2, 0.25) is 0 Å². The Hall–Kier alpha value is -4.51. The third-order valence-electron chi connectivity index (χ3n) is 6.50. The summed E-state index contributed by atoms with van der Waals surface area (Å²) in [5.74, 6) is -0.542. The molecule has 0 aliphatic carbocycles. The van der Waals surface area contributed by atoms with Gasteiger partial charge in [0.15, 0.2) is 5.49 Å². The number of hydrogen-bond donors (Lipinski definition) is 0. The number of methoxy groups -OCH3 is 2. The summed E-state index contributed by atoms with van der Waals surface area (Å²) < 4.78 is 24.8. The van der Waals surface area contributed by atoms with E-state index < -0.39 is 11.9 Å². The normalized spacial score (nSPS) is 15.6. The fourth-order valence-electron chi connectivity index (χ4n) is 4.61. The van der Waals surface area contributed by atoms with Crippen LogP contribution in [0.3, 0.4) is 0 Å². The molecule has 0 unspecified atom stereocenters. The molecule has 1 saturated heterocycles. The molecular formula is C28H28N4O7. The molecule has 1 amide bonds. The van der Waals surface area contributed by atoms with Gasteiger partial charge in [0.05, 0.1) is 38.9 Å². The van der Waals surface area contributed by atoms with Gasteiger partial charge in [0, 0.05) is 24.4 Å². The van der Waals surface area contributed by atoms with Crippen LogP contribution >= 0.6 is 0 Å². The number of amides is 1. The Morgan fingerprint density at radius 1 is 1.13 bits per heavy atom. The van der Waals surface area contributed by atoms with Gasteiger partial charge in [-0.1, -0.05) is 6.07 Å². The van der Waals surface area contributed by atoms with E-state index in [2.05, 4.69) is 4.99 Å². The van der Waals surface area contributed by atoms with Crippen molar-refractivity contribution in [3.05, 3.63) is 75.6 Å². The molecule has 5 rings (SSSR count). The second-order valence-corrected chi connectivity index (χ2v) is 8.95. The number of benzene rings is 1. The maximum Gasteiger partial charge on any atom is 0.341 e. The number of nitrogens with zero attached hydrogens (tertiary/aromatic N) is 4. The van der Waals surface area contributed by atoms with Crippen LogP contribution in [0, 0.1) is 0 Å². The zero-order valence-electron chi connectivity index (χ0n) is 21.9. The summed E-state index contributed by atoms with van der Waals surface area (Å²) in [5.41, 5.74) is 0.518. The monoisotopic (exact) mass is 532 g/mol. The topological polar surface area (TPSA) is 123 Å². The molecule has 0 bridgehead atoms. The van der Waals surface area contributed by atoms with Crippen LogP contribution in [0.15, 0.2) is 58.4 Å². The smallest absolute Gasteiger partial charge is 0.341 e. The predicted molar refractivity (Wildman–Crippen MR) is 141 cm³/mol. The van der Waals surface area contributed by atoms with E-state index in [9.17, 15) is 14.4 Å². The fraction of sp³-hybridized carbons (Fsp3) is 0.321. The van der Waals surface area contributed by atoms with Crippen molar-refractivity contribution in [2.45, 2.75) is 32.4 Å². The first kappa shape index (κ1) is 26.1. The van der Waals surface area contributed by atoms with Crippen LogP contribution in [0.4, 0.5) is 0 Å². The van der Waals surface area contributed by atoms with E-state index in [-0.39, 0.29) is 52.5 Å². The van der Waals surface area contributed by atoms with Crippen LogP contribution in [0.25, 0.3) is 16.7 Å². The van der Waals surface area contributed by atoms with E-state index in [4.69, 9.17) is 23.9 Å². The van der Waals surface area contributed by atoms with E-state index in [1.54, 1.807) is 42.0 Å². The van der Waals surface area contributed by atoms with E-state index in [0.717, 1.165) is 12.8 Å². The number of rotatable bonds is 7. The molecule has 11 heteroatoms. The Bertz CT molecular complexity index is 1680. The van der Waals surface area contributed by atoms with Crippen molar-refractivity contribution in [1.82, 2.24) is 14.0 Å². The summed E-state index contributed by atoms with van der Waals surface area (Å²) >= 11 is 0. The third-order valence-corrected chi connectivity index (χ3v) is 6.50. The quantitative estimate of drug-likeness (QED) is 0.263. The van der Waals surface area contributed by atoms with E-state index >= 15 is 0 Å². The van der Waals surface area contributed by atoms with Gasteiger partial charge in [0.25, 0.3) is 11.5 Å². The van der Waals surface area contributed by atoms with Gasteiger partial charge in [-0.05, 0) is 50.1 Å². The number of hydrogen-bond acceptors (Lipinski definition) is 8. The van der Waals surface area contributed by atoms with E-state index in [1.165, 1.54) is 36.8 Å². The van der Waals surface area contributed by atoms with Gasteiger partial charge in [-0.2, -0.15) is 4.99 Å². The summed E-state index contributed by atoms with van der Waals surface area (Å²) in [7, 11) is 2.96. The van der Waals surface area contributed by atoms with E-state index in [0.29, 0.717) is 23.8 Å². The Morgan fingerprint density at radius 3 is 2.56 bits per heavy atom. The van der Waals surface area contributed by atoms with Gasteiger partial charge in [-0.3, -0.25) is 14.0 Å².